The number of fused-ring (bicyclic) bond motifs is 3. The first kappa shape index (κ1) is 35.8. The number of rotatable bonds is 8. The SMILES string of the molecule is c1ccc(-c2cccc(-c3nc(-c4cccc(-c5cccc(-c6cc(-c7ccccc7)nc(-c7ccccc7)n6)c5)c4)nc(-c4ccc5c(c4)oc4ccccc45)n3)c2)cc1. The predicted molar refractivity (Wildman–Crippen MR) is 246 cm³/mol. The van der Waals surface area contributed by atoms with Crippen LogP contribution in [0.4, 0.5) is 0 Å². The van der Waals surface area contributed by atoms with Crippen LogP contribution in [-0.4, -0.2) is 24.9 Å². The van der Waals surface area contributed by atoms with Gasteiger partial charge in [0, 0.05) is 44.2 Å². The van der Waals surface area contributed by atoms with Crippen molar-refractivity contribution in [1.82, 2.24) is 24.9 Å². The summed E-state index contributed by atoms with van der Waals surface area (Å²) in [5.41, 5.74) is 13.2. The fraction of sp³-hybridized carbons (Fsp3) is 0. The molecule has 0 N–H and O–H groups in total. The monoisotopic (exact) mass is 781 g/mol. The number of benzene rings is 8. The summed E-state index contributed by atoms with van der Waals surface area (Å²) in [5, 5.41) is 2.13. The third kappa shape index (κ3) is 7.13. The van der Waals surface area contributed by atoms with Crippen LogP contribution in [0.15, 0.2) is 217 Å². The summed E-state index contributed by atoms with van der Waals surface area (Å²) in [6.07, 6.45) is 0. The highest BCUT2D eigenvalue weighted by molar-refractivity contribution is 6.05. The molecule has 0 aliphatic carbocycles. The number of nitrogens with zero attached hydrogens (tertiary/aromatic N) is 5. The Bertz CT molecular complexity index is 3310. The summed E-state index contributed by atoms with van der Waals surface area (Å²) in [7, 11) is 0. The summed E-state index contributed by atoms with van der Waals surface area (Å²) in [6, 6.07) is 72.3. The molecule has 0 bridgehead atoms. The Morgan fingerprint density at radius 2 is 0.639 bits per heavy atom. The molecule has 0 fully saturated rings. The van der Waals surface area contributed by atoms with Crippen molar-refractivity contribution in [2.75, 3.05) is 0 Å². The molecule has 0 amide bonds. The quantitative estimate of drug-likeness (QED) is 0.153. The Labute approximate surface area is 352 Å². The van der Waals surface area contributed by atoms with Crippen molar-refractivity contribution in [2.24, 2.45) is 0 Å². The lowest BCUT2D eigenvalue weighted by atomic mass is 9.99. The van der Waals surface area contributed by atoms with E-state index in [4.69, 9.17) is 29.3 Å². The zero-order valence-corrected chi connectivity index (χ0v) is 32.9. The van der Waals surface area contributed by atoms with E-state index in [-0.39, 0.29) is 0 Å². The van der Waals surface area contributed by atoms with Crippen LogP contribution in [-0.2, 0) is 0 Å². The van der Waals surface area contributed by atoms with E-state index in [2.05, 4.69) is 133 Å². The first-order valence-corrected chi connectivity index (χ1v) is 20.2. The molecule has 6 heteroatoms. The summed E-state index contributed by atoms with van der Waals surface area (Å²) in [5.74, 6) is 2.40. The van der Waals surface area contributed by atoms with Crippen molar-refractivity contribution in [3.63, 3.8) is 0 Å². The van der Waals surface area contributed by atoms with Gasteiger partial charge in [0.05, 0.1) is 11.4 Å². The molecule has 0 aliphatic heterocycles. The Morgan fingerprint density at radius 3 is 1.26 bits per heavy atom. The Hall–Kier alpha value is -8.35. The van der Waals surface area contributed by atoms with E-state index in [0.29, 0.717) is 23.3 Å². The van der Waals surface area contributed by atoms with Gasteiger partial charge in [-0.2, -0.15) is 0 Å². The summed E-state index contributed by atoms with van der Waals surface area (Å²) in [6.45, 7) is 0. The summed E-state index contributed by atoms with van der Waals surface area (Å²) < 4.78 is 6.29. The van der Waals surface area contributed by atoms with Crippen LogP contribution in [0, 0.1) is 0 Å². The molecule has 6 nitrogen and oxygen atoms in total. The highest BCUT2D eigenvalue weighted by Crippen LogP contribution is 2.35. The molecule has 0 spiro atoms. The van der Waals surface area contributed by atoms with Gasteiger partial charge in [-0.15, -0.1) is 0 Å². The van der Waals surface area contributed by atoms with Crippen LogP contribution < -0.4 is 0 Å². The van der Waals surface area contributed by atoms with Gasteiger partial charge in [-0.25, -0.2) is 24.9 Å². The average molecular weight is 782 g/mol. The fourth-order valence-corrected chi connectivity index (χ4v) is 7.86. The van der Waals surface area contributed by atoms with Crippen molar-refractivity contribution in [3.05, 3.63) is 212 Å². The zero-order chi connectivity index (χ0) is 40.5. The molecule has 0 saturated heterocycles. The highest BCUT2D eigenvalue weighted by atomic mass is 16.3. The molecule has 0 atom stereocenters. The summed E-state index contributed by atoms with van der Waals surface area (Å²) in [4.78, 5) is 25.5. The lowest BCUT2D eigenvalue weighted by molar-refractivity contribution is 0.669. The molecular formula is C55H35N5O. The van der Waals surface area contributed by atoms with E-state index in [9.17, 15) is 0 Å². The highest BCUT2D eigenvalue weighted by Gasteiger charge is 2.17. The Kier molecular flexibility index (Phi) is 9.06. The molecule has 3 aromatic heterocycles. The maximum atomic E-state index is 6.29. The molecular weight excluding hydrogens is 747 g/mol. The molecule has 61 heavy (non-hydrogen) atoms. The van der Waals surface area contributed by atoms with Gasteiger partial charge in [0.25, 0.3) is 0 Å². The number of aromatic nitrogens is 5. The minimum Gasteiger partial charge on any atom is -0.456 e. The third-order valence-corrected chi connectivity index (χ3v) is 10.9. The smallest absolute Gasteiger partial charge is 0.164 e. The minimum atomic E-state index is 0.562. The van der Waals surface area contributed by atoms with Crippen LogP contribution in [0.2, 0.25) is 0 Å². The van der Waals surface area contributed by atoms with Crippen LogP contribution in [0.1, 0.15) is 0 Å². The van der Waals surface area contributed by atoms with E-state index in [1.54, 1.807) is 0 Å². The topological polar surface area (TPSA) is 77.6 Å². The van der Waals surface area contributed by atoms with E-state index in [1.807, 2.05) is 78.9 Å². The first-order chi connectivity index (χ1) is 30.2. The van der Waals surface area contributed by atoms with E-state index < -0.39 is 0 Å². The lowest BCUT2D eigenvalue weighted by Crippen LogP contribution is -2.00. The van der Waals surface area contributed by atoms with Crippen molar-refractivity contribution < 1.29 is 4.42 Å². The maximum Gasteiger partial charge on any atom is 0.164 e. The Balaban J connectivity index is 1.01. The van der Waals surface area contributed by atoms with Gasteiger partial charge in [0.1, 0.15) is 11.2 Å². The largest absolute Gasteiger partial charge is 0.456 e. The molecule has 0 radical (unpaired) electrons. The van der Waals surface area contributed by atoms with Gasteiger partial charge in [-0.1, -0.05) is 170 Å². The minimum absolute atomic E-state index is 0.562. The number of hydrogen-bond acceptors (Lipinski definition) is 6. The normalized spacial score (nSPS) is 11.3. The molecule has 0 aliphatic rings. The van der Waals surface area contributed by atoms with Gasteiger partial charge >= 0.3 is 0 Å². The van der Waals surface area contributed by atoms with Crippen LogP contribution in [0.5, 0.6) is 0 Å². The fourth-order valence-electron chi connectivity index (χ4n) is 7.86. The molecule has 3 heterocycles. The van der Waals surface area contributed by atoms with E-state index >= 15 is 0 Å². The first-order valence-electron chi connectivity index (χ1n) is 20.2. The second kappa shape index (κ2) is 15.4. The van der Waals surface area contributed by atoms with Gasteiger partial charge in [0.2, 0.25) is 0 Å². The molecule has 0 saturated carbocycles. The second-order valence-corrected chi connectivity index (χ2v) is 14.9. The molecule has 286 valence electrons. The van der Waals surface area contributed by atoms with Crippen molar-refractivity contribution in [3.8, 4) is 90.3 Å². The maximum absolute atomic E-state index is 6.29. The Morgan fingerprint density at radius 1 is 0.230 bits per heavy atom. The lowest BCUT2D eigenvalue weighted by Gasteiger charge is -2.12. The number of furan rings is 1. The molecule has 0 unspecified atom stereocenters. The molecule has 11 aromatic rings. The standard InChI is InChI=1S/C55H35N5O/c1-4-15-36(16-5-1)39-21-13-25-43(32-39)53-58-54(60-55(59-53)45-29-30-47-46-27-10-11-28-50(46)61-51(47)34-45)44-26-14-23-41(33-44)40-22-12-24-42(31-40)49-35-48(37-17-6-2-7-18-37)56-52(57-49)38-19-8-3-9-20-38/h1-35H. The van der Waals surface area contributed by atoms with Crippen molar-refractivity contribution in [2.45, 2.75) is 0 Å². The van der Waals surface area contributed by atoms with Crippen LogP contribution in [0.25, 0.3) is 112 Å². The van der Waals surface area contributed by atoms with Gasteiger partial charge in [-0.3, -0.25) is 0 Å². The van der Waals surface area contributed by atoms with E-state index in [0.717, 1.165) is 89.0 Å². The van der Waals surface area contributed by atoms with Crippen LogP contribution in [0.3, 0.4) is 0 Å². The summed E-state index contributed by atoms with van der Waals surface area (Å²) >= 11 is 0. The predicted octanol–water partition coefficient (Wildman–Crippen LogP) is 13.9. The second-order valence-electron chi connectivity index (χ2n) is 14.9. The third-order valence-electron chi connectivity index (χ3n) is 10.9. The van der Waals surface area contributed by atoms with Crippen molar-refractivity contribution >= 4 is 21.9 Å². The van der Waals surface area contributed by atoms with Gasteiger partial charge in [-0.05, 0) is 64.7 Å². The average Bonchev–Trinajstić information content (AvgIpc) is 3.73. The molecule has 11 rings (SSSR count). The molecule has 8 aromatic carbocycles. The van der Waals surface area contributed by atoms with Crippen molar-refractivity contribution in [1.29, 1.82) is 0 Å². The zero-order valence-electron chi connectivity index (χ0n) is 32.9. The van der Waals surface area contributed by atoms with Crippen LogP contribution >= 0.6 is 0 Å². The van der Waals surface area contributed by atoms with Gasteiger partial charge < -0.3 is 4.42 Å². The number of para-hydroxylation sites is 1. The van der Waals surface area contributed by atoms with E-state index in [1.165, 1.54) is 0 Å². The van der Waals surface area contributed by atoms with Gasteiger partial charge in [0.15, 0.2) is 23.3 Å². The number of hydrogen-bond donors (Lipinski definition) is 0.